The molecule has 1 N–H and O–H groups in total. The molecule has 0 bridgehead atoms. The number of aromatic nitrogens is 2. The highest BCUT2D eigenvalue weighted by molar-refractivity contribution is 6.30. The number of hydrogen-bond acceptors (Lipinski definition) is 2. The van der Waals surface area contributed by atoms with Gasteiger partial charge in [-0.3, -0.25) is 0 Å². The van der Waals surface area contributed by atoms with E-state index in [-0.39, 0.29) is 5.02 Å². The fraction of sp³-hybridized carbons (Fsp3) is 0.250. The molecule has 1 aromatic carbocycles. The predicted octanol–water partition coefficient (Wildman–Crippen LogP) is 3.16. The monoisotopic (exact) mass is 268 g/mol. The maximum absolute atomic E-state index is 13.0. The van der Waals surface area contributed by atoms with Crippen LogP contribution in [0.3, 0.4) is 0 Å². The summed E-state index contributed by atoms with van der Waals surface area (Å²) in [6.45, 7) is 4.05. The standard InChI is InChI=1S/C12H11ClFN3O/c1-7-12(16-18)8(2)17(15-7)6-9-3-4-11(14)10(13)5-9/h3-5H,6H2,1-2H3/p+1. The third-order valence-electron chi connectivity index (χ3n) is 2.82. The molecule has 94 valence electrons. The number of rotatable bonds is 3. The fourth-order valence-corrected chi connectivity index (χ4v) is 2.05. The van der Waals surface area contributed by atoms with Gasteiger partial charge in [-0.25, -0.2) is 4.39 Å². The summed E-state index contributed by atoms with van der Waals surface area (Å²) in [7, 11) is 0. The minimum absolute atomic E-state index is 0.0859. The summed E-state index contributed by atoms with van der Waals surface area (Å²) in [5, 5.41) is 6.09. The molecule has 2 aromatic rings. The van der Waals surface area contributed by atoms with Crippen LogP contribution < -0.4 is 4.68 Å². The first-order valence-electron chi connectivity index (χ1n) is 5.39. The van der Waals surface area contributed by atoms with Crippen molar-refractivity contribution in [2.45, 2.75) is 20.4 Å². The van der Waals surface area contributed by atoms with Crippen molar-refractivity contribution in [1.82, 2.24) is 5.10 Å². The maximum Gasteiger partial charge on any atom is 0.234 e. The number of hydrogen-bond donors (Lipinski definition) is 1. The van der Waals surface area contributed by atoms with E-state index in [9.17, 15) is 9.30 Å². The summed E-state index contributed by atoms with van der Waals surface area (Å²) >= 11 is 5.72. The molecule has 0 fully saturated rings. The first kappa shape index (κ1) is 12.7. The summed E-state index contributed by atoms with van der Waals surface area (Å²) < 4.78 is 14.8. The van der Waals surface area contributed by atoms with Gasteiger partial charge < -0.3 is 0 Å². The van der Waals surface area contributed by atoms with Crippen LogP contribution >= 0.6 is 11.6 Å². The van der Waals surface area contributed by atoms with Gasteiger partial charge in [0, 0.05) is 12.5 Å². The van der Waals surface area contributed by atoms with Crippen LogP contribution in [0, 0.1) is 24.6 Å². The van der Waals surface area contributed by atoms with Crippen molar-refractivity contribution in [1.29, 1.82) is 0 Å². The molecule has 2 rings (SSSR count). The number of benzene rings is 1. The second-order valence-electron chi connectivity index (χ2n) is 4.10. The summed E-state index contributed by atoms with van der Waals surface area (Å²) in [6.07, 6.45) is 0. The van der Waals surface area contributed by atoms with E-state index < -0.39 is 5.82 Å². The highest BCUT2D eigenvalue weighted by atomic mass is 35.5. The Balaban J connectivity index is 2.34. The quantitative estimate of drug-likeness (QED) is 0.675. The lowest BCUT2D eigenvalue weighted by atomic mass is 10.2. The second kappa shape index (κ2) is 4.86. The lowest BCUT2D eigenvalue weighted by Crippen LogP contribution is -2.38. The Morgan fingerprint density at radius 2 is 2.17 bits per heavy atom. The third kappa shape index (κ3) is 2.26. The number of H-pyrrole nitrogens is 1. The number of aryl methyl sites for hydroxylation is 1. The van der Waals surface area contributed by atoms with Crippen molar-refractivity contribution in [2.24, 2.45) is 5.18 Å². The molecular formula is C12H12ClFN3O+. The van der Waals surface area contributed by atoms with Crippen LogP contribution in [0.1, 0.15) is 17.0 Å². The molecule has 0 unspecified atom stereocenters. The molecule has 0 atom stereocenters. The van der Waals surface area contributed by atoms with Gasteiger partial charge >= 0.3 is 0 Å². The smallest absolute Gasteiger partial charge is 0.205 e. The van der Waals surface area contributed by atoms with Gasteiger partial charge in [-0.2, -0.15) is 5.10 Å². The van der Waals surface area contributed by atoms with E-state index in [1.54, 1.807) is 30.7 Å². The molecule has 0 radical (unpaired) electrons. The Morgan fingerprint density at radius 1 is 1.44 bits per heavy atom. The van der Waals surface area contributed by atoms with Crippen LogP contribution in [0.25, 0.3) is 0 Å². The second-order valence-corrected chi connectivity index (χ2v) is 4.50. The lowest BCUT2D eigenvalue weighted by Gasteiger charge is -1.98. The van der Waals surface area contributed by atoms with Gasteiger partial charge in [0.2, 0.25) is 11.4 Å². The average molecular weight is 269 g/mol. The van der Waals surface area contributed by atoms with Crippen molar-refractivity contribution in [3.05, 3.63) is 50.9 Å². The van der Waals surface area contributed by atoms with Gasteiger partial charge in [0.15, 0.2) is 6.54 Å². The van der Waals surface area contributed by atoms with Crippen LogP contribution in [-0.2, 0) is 6.54 Å². The van der Waals surface area contributed by atoms with Crippen molar-refractivity contribution in [3.63, 3.8) is 0 Å². The Hall–Kier alpha value is -1.75. The van der Waals surface area contributed by atoms with Crippen molar-refractivity contribution in [3.8, 4) is 0 Å². The summed E-state index contributed by atoms with van der Waals surface area (Å²) in [6, 6.07) is 4.54. The van der Waals surface area contributed by atoms with Crippen LogP contribution in [0.4, 0.5) is 10.1 Å². The van der Waals surface area contributed by atoms with Gasteiger partial charge in [-0.15, -0.1) is 9.59 Å². The van der Waals surface area contributed by atoms with E-state index in [1.807, 2.05) is 0 Å². The van der Waals surface area contributed by atoms with Crippen LogP contribution in [-0.4, -0.2) is 5.10 Å². The zero-order valence-corrected chi connectivity index (χ0v) is 10.8. The molecule has 0 aliphatic heterocycles. The topological polar surface area (TPSA) is 49.1 Å². The van der Waals surface area contributed by atoms with E-state index in [0.29, 0.717) is 17.9 Å². The molecule has 0 aliphatic carbocycles. The minimum atomic E-state index is -0.444. The first-order valence-corrected chi connectivity index (χ1v) is 5.77. The van der Waals surface area contributed by atoms with Gasteiger partial charge in [-0.1, -0.05) is 11.6 Å². The number of aromatic amines is 1. The molecule has 1 heterocycles. The average Bonchev–Trinajstić information content (AvgIpc) is 2.59. The van der Waals surface area contributed by atoms with E-state index in [4.69, 9.17) is 11.6 Å². The van der Waals surface area contributed by atoms with Crippen molar-refractivity contribution >= 4 is 17.3 Å². The van der Waals surface area contributed by atoms with Crippen LogP contribution in [0.15, 0.2) is 23.4 Å². The predicted molar refractivity (Wildman–Crippen MR) is 66.4 cm³/mol. The zero-order valence-electron chi connectivity index (χ0n) is 10.00. The summed E-state index contributed by atoms with van der Waals surface area (Å²) in [5.41, 5.74) is 2.69. The SMILES string of the molecule is Cc1[nH][n+](Cc2ccc(F)c(Cl)c2)c(C)c1N=O. The highest BCUT2D eigenvalue weighted by Crippen LogP contribution is 2.20. The number of nitrogens with one attached hydrogen (secondary N) is 1. The van der Waals surface area contributed by atoms with E-state index in [1.165, 1.54) is 6.07 Å². The normalized spacial score (nSPS) is 10.7. The Bertz CT molecular complexity index is 610. The van der Waals surface area contributed by atoms with E-state index in [0.717, 1.165) is 11.3 Å². The van der Waals surface area contributed by atoms with Crippen molar-refractivity contribution < 1.29 is 9.07 Å². The van der Waals surface area contributed by atoms with Gasteiger partial charge in [0.1, 0.15) is 11.5 Å². The van der Waals surface area contributed by atoms with E-state index >= 15 is 0 Å². The molecule has 0 aliphatic rings. The first-order chi connectivity index (χ1) is 8.52. The molecule has 4 nitrogen and oxygen atoms in total. The molecule has 0 spiro atoms. The molecule has 1 aromatic heterocycles. The molecular weight excluding hydrogens is 257 g/mol. The molecule has 0 saturated heterocycles. The summed E-state index contributed by atoms with van der Waals surface area (Å²) in [4.78, 5) is 10.7. The van der Waals surface area contributed by atoms with Crippen LogP contribution in [0.2, 0.25) is 5.02 Å². The number of nitroso groups, excluding NO2 is 1. The van der Waals surface area contributed by atoms with Crippen LogP contribution in [0.5, 0.6) is 0 Å². The molecule has 18 heavy (non-hydrogen) atoms. The number of halogens is 2. The van der Waals surface area contributed by atoms with Crippen molar-refractivity contribution in [2.75, 3.05) is 0 Å². The van der Waals surface area contributed by atoms with Gasteiger partial charge in [-0.05, 0) is 30.3 Å². The largest absolute Gasteiger partial charge is 0.234 e. The zero-order chi connectivity index (χ0) is 13.3. The third-order valence-corrected chi connectivity index (χ3v) is 3.11. The highest BCUT2D eigenvalue weighted by Gasteiger charge is 2.20. The Morgan fingerprint density at radius 3 is 2.72 bits per heavy atom. The Kier molecular flexibility index (Phi) is 3.43. The minimum Gasteiger partial charge on any atom is -0.205 e. The molecule has 0 saturated carbocycles. The fourth-order valence-electron chi connectivity index (χ4n) is 1.85. The van der Waals surface area contributed by atoms with E-state index in [2.05, 4.69) is 10.3 Å². The lowest BCUT2D eigenvalue weighted by molar-refractivity contribution is -0.747. The Labute approximate surface area is 108 Å². The summed E-state index contributed by atoms with van der Waals surface area (Å²) in [5.74, 6) is -0.444. The molecule has 6 heteroatoms. The molecule has 0 amide bonds. The van der Waals surface area contributed by atoms with Gasteiger partial charge in [0.25, 0.3) is 0 Å². The maximum atomic E-state index is 13.0. The number of nitrogens with zero attached hydrogens (tertiary/aromatic N) is 2. The van der Waals surface area contributed by atoms with Gasteiger partial charge in [0.05, 0.1) is 5.02 Å².